The van der Waals surface area contributed by atoms with E-state index in [9.17, 15) is 4.79 Å². The number of nitrogens with one attached hydrogen (secondary N) is 1. The molecule has 0 aliphatic rings. The molecule has 1 aromatic heterocycles. The number of carbonyl (C=O) groups is 1. The summed E-state index contributed by atoms with van der Waals surface area (Å²) in [6.45, 7) is 3.63. The van der Waals surface area contributed by atoms with Gasteiger partial charge in [-0.25, -0.2) is 9.78 Å². The number of aromatic nitrogens is 1. The fourth-order valence-electron chi connectivity index (χ4n) is 0.822. The molecule has 0 aliphatic heterocycles. The van der Waals surface area contributed by atoms with Gasteiger partial charge in [-0.3, -0.25) is 0 Å². The zero-order valence-corrected chi connectivity index (χ0v) is 8.48. The van der Waals surface area contributed by atoms with Crippen molar-refractivity contribution in [2.24, 2.45) is 0 Å². The molecule has 0 saturated heterocycles. The highest BCUT2D eigenvalue weighted by Gasteiger charge is 2.09. The van der Waals surface area contributed by atoms with Crippen LogP contribution in [0.4, 0.5) is 0 Å². The predicted molar refractivity (Wildman–Crippen MR) is 50.8 cm³/mol. The lowest BCUT2D eigenvalue weighted by Gasteiger charge is -1.95. The van der Waals surface area contributed by atoms with Gasteiger partial charge in [0.15, 0.2) is 5.69 Å². The van der Waals surface area contributed by atoms with Crippen molar-refractivity contribution >= 4 is 17.3 Å². The predicted octanol–water partition coefficient (Wildman–Crippen LogP) is 1.04. The fraction of sp³-hybridized carbons (Fsp3) is 0.500. The molecule has 0 fully saturated rings. The van der Waals surface area contributed by atoms with Crippen molar-refractivity contribution in [2.45, 2.75) is 13.5 Å². The van der Waals surface area contributed by atoms with Gasteiger partial charge in [0.25, 0.3) is 0 Å². The molecule has 1 N–H and O–H groups in total. The molecule has 1 heterocycles. The highest BCUT2D eigenvalue weighted by Crippen LogP contribution is 2.09. The van der Waals surface area contributed by atoms with Crippen molar-refractivity contribution in [3.05, 3.63) is 16.1 Å². The first kappa shape index (κ1) is 10.1. The Kier molecular flexibility index (Phi) is 3.85. The van der Waals surface area contributed by atoms with Gasteiger partial charge in [-0.1, -0.05) is 6.92 Å². The molecule has 0 spiro atoms. The van der Waals surface area contributed by atoms with Crippen molar-refractivity contribution in [3.63, 3.8) is 0 Å². The van der Waals surface area contributed by atoms with Crippen LogP contribution in [0.1, 0.15) is 22.4 Å². The lowest BCUT2D eigenvalue weighted by molar-refractivity contribution is 0.0594. The highest BCUT2D eigenvalue weighted by atomic mass is 32.1. The maximum Gasteiger partial charge on any atom is 0.357 e. The van der Waals surface area contributed by atoms with E-state index in [1.807, 2.05) is 6.92 Å². The normalized spacial score (nSPS) is 10.0. The summed E-state index contributed by atoms with van der Waals surface area (Å²) in [5, 5.41) is 5.74. The number of hydrogen-bond acceptors (Lipinski definition) is 5. The van der Waals surface area contributed by atoms with Crippen LogP contribution in [-0.4, -0.2) is 24.6 Å². The van der Waals surface area contributed by atoms with Gasteiger partial charge in [-0.2, -0.15) is 0 Å². The standard InChI is InChI=1S/C8H12N2O2S/c1-3-9-4-7-10-6(5-13-7)8(11)12-2/h5,9H,3-4H2,1-2H3. The van der Waals surface area contributed by atoms with E-state index in [4.69, 9.17) is 0 Å². The van der Waals surface area contributed by atoms with Crippen molar-refractivity contribution in [1.82, 2.24) is 10.3 Å². The average Bonchev–Trinajstić information content (AvgIpc) is 2.62. The van der Waals surface area contributed by atoms with E-state index in [2.05, 4.69) is 15.0 Å². The Bertz CT molecular complexity index is 285. The number of carbonyl (C=O) groups excluding carboxylic acids is 1. The number of nitrogens with zero attached hydrogens (tertiary/aromatic N) is 1. The number of thiazole rings is 1. The number of esters is 1. The largest absolute Gasteiger partial charge is 0.464 e. The Morgan fingerprint density at radius 1 is 1.77 bits per heavy atom. The fourth-order valence-corrected chi connectivity index (χ4v) is 1.56. The molecule has 0 aromatic carbocycles. The van der Waals surface area contributed by atoms with E-state index >= 15 is 0 Å². The minimum Gasteiger partial charge on any atom is -0.464 e. The summed E-state index contributed by atoms with van der Waals surface area (Å²) < 4.78 is 4.54. The van der Waals surface area contributed by atoms with Crippen molar-refractivity contribution < 1.29 is 9.53 Å². The first-order valence-electron chi connectivity index (χ1n) is 4.01. The van der Waals surface area contributed by atoms with E-state index in [0.717, 1.165) is 11.6 Å². The topological polar surface area (TPSA) is 51.2 Å². The van der Waals surface area contributed by atoms with Gasteiger partial charge in [-0.05, 0) is 6.54 Å². The summed E-state index contributed by atoms with van der Waals surface area (Å²) in [5.41, 5.74) is 0.389. The van der Waals surface area contributed by atoms with E-state index < -0.39 is 0 Å². The van der Waals surface area contributed by atoms with Crippen LogP contribution in [0.15, 0.2) is 5.38 Å². The minimum absolute atomic E-state index is 0.376. The molecule has 1 aromatic rings. The molecule has 0 aliphatic carbocycles. The molecule has 5 heteroatoms. The van der Waals surface area contributed by atoms with Gasteiger partial charge >= 0.3 is 5.97 Å². The lowest BCUT2D eigenvalue weighted by Crippen LogP contribution is -2.11. The Hall–Kier alpha value is -0.940. The lowest BCUT2D eigenvalue weighted by atomic mass is 10.5. The zero-order valence-electron chi connectivity index (χ0n) is 7.66. The van der Waals surface area contributed by atoms with Crippen LogP contribution in [0.2, 0.25) is 0 Å². The van der Waals surface area contributed by atoms with Crippen LogP contribution in [0.5, 0.6) is 0 Å². The molecular formula is C8H12N2O2S. The van der Waals surface area contributed by atoms with E-state index in [1.165, 1.54) is 18.4 Å². The molecule has 0 saturated carbocycles. The molecule has 0 unspecified atom stereocenters. The van der Waals surface area contributed by atoms with Crippen LogP contribution in [0, 0.1) is 0 Å². The van der Waals surface area contributed by atoms with Gasteiger partial charge in [0, 0.05) is 11.9 Å². The van der Waals surface area contributed by atoms with Crippen LogP contribution in [0.3, 0.4) is 0 Å². The average molecular weight is 200 g/mol. The summed E-state index contributed by atoms with van der Waals surface area (Å²) in [6.07, 6.45) is 0. The molecule has 0 atom stereocenters. The summed E-state index contributed by atoms with van der Waals surface area (Å²) in [6, 6.07) is 0. The maximum atomic E-state index is 11.0. The molecule has 0 amide bonds. The first-order chi connectivity index (χ1) is 6.27. The molecule has 4 nitrogen and oxygen atoms in total. The quantitative estimate of drug-likeness (QED) is 0.738. The van der Waals surface area contributed by atoms with Crippen molar-refractivity contribution in [1.29, 1.82) is 0 Å². The van der Waals surface area contributed by atoms with Crippen LogP contribution in [-0.2, 0) is 11.3 Å². The highest BCUT2D eigenvalue weighted by molar-refractivity contribution is 7.09. The molecule has 0 bridgehead atoms. The Labute approximate surface area is 80.9 Å². The van der Waals surface area contributed by atoms with Crippen LogP contribution in [0.25, 0.3) is 0 Å². The van der Waals surface area contributed by atoms with Crippen molar-refractivity contribution in [2.75, 3.05) is 13.7 Å². The summed E-state index contributed by atoms with van der Waals surface area (Å²) in [7, 11) is 1.35. The van der Waals surface area contributed by atoms with Crippen LogP contribution < -0.4 is 5.32 Å². The Balaban J connectivity index is 2.58. The van der Waals surface area contributed by atoms with Crippen molar-refractivity contribution in [3.8, 4) is 0 Å². The smallest absolute Gasteiger partial charge is 0.357 e. The number of hydrogen-bond donors (Lipinski definition) is 1. The van der Waals surface area contributed by atoms with Gasteiger partial charge in [0.05, 0.1) is 7.11 Å². The molecule has 1 rings (SSSR count). The Morgan fingerprint density at radius 3 is 3.15 bits per heavy atom. The van der Waals surface area contributed by atoms with E-state index in [0.29, 0.717) is 12.2 Å². The second-order valence-electron chi connectivity index (χ2n) is 2.40. The van der Waals surface area contributed by atoms with Crippen LogP contribution >= 0.6 is 11.3 Å². The van der Waals surface area contributed by atoms with E-state index in [-0.39, 0.29) is 5.97 Å². The summed E-state index contributed by atoms with van der Waals surface area (Å²) >= 11 is 1.46. The number of methoxy groups -OCH3 is 1. The Morgan fingerprint density at radius 2 is 2.54 bits per heavy atom. The number of rotatable bonds is 4. The molecule has 72 valence electrons. The second kappa shape index (κ2) is 4.94. The van der Waals surface area contributed by atoms with Gasteiger partial charge in [0.1, 0.15) is 5.01 Å². The third-order valence-corrected chi connectivity index (χ3v) is 2.32. The van der Waals surface area contributed by atoms with Gasteiger partial charge in [-0.15, -0.1) is 11.3 Å². The summed E-state index contributed by atoms with van der Waals surface area (Å²) in [4.78, 5) is 15.1. The van der Waals surface area contributed by atoms with Gasteiger partial charge in [0.2, 0.25) is 0 Å². The second-order valence-corrected chi connectivity index (χ2v) is 3.34. The first-order valence-corrected chi connectivity index (χ1v) is 4.89. The van der Waals surface area contributed by atoms with Gasteiger partial charge < -0.3 is 10.1 Å². The monoisotopic (exact) mass is 200 g/mol. The molecule has 0 radical (unpaired) electrons. The third kappa shape index (κ3) is 2.78. The van der Waals surface area contributed by atoms with E-state index in [1.54, 1.807) is 5.38 Å². The molecule has 13 heavy (non-hydrogen) atoms. The SMILES string of the molecule is CCNCc1nc(C(=O)OC)cs1. The summed E-state index contributed by atoms with van der Waals surface area (Å²) in [5.74, 6) is -0.376. The zero-order chi connectivity index (χ0) is 9.68. The minimum atomic E-state index is -0.376. The molecular weight excluding hydrogens is 188 g/mol. The number of ether oxygens (including phenoxy) is 1. The third-order valence-electron chi connectivity index (χ3n) is 1.47. The maximum absolute atomic E-state index is 11.0.